The summed E-state index contributed by atoms with van der Waals surface area (Å²) in [5, 5.41) is 3.26. The molecule has 4 nitrogen and oxygen atoms in total. The van der Waals surface area contributed by atoms with Gasteiger partial charge in [-0.05, 0) is 42.3 Å². The standard InChI is InChI=1S/C15H13ClN2O2/c1-9-6-12(8-17-14(9)16)18-15(19)11-2-3-13-10(7-11)4-5-20-13/h2-3,6-8H,4-5H2,1H3,(H,18,19). The first-order valence-corrected chi connectivity index (χ1v) is 6.70. The second-order valence-electron chi connectivity index (χ2n) is 4.71. The van der Waals surface area contributed by atoms with Crippen molar-refractivity contribution in [2.75, 3.05) is 11.9 Å². The third-order valence-corrected chi connectivity index (χ3v) is 3.62. The number of amides is 1. The molecular formula is C15H13ClN2O2. The van der Waals surface area contributed by atoms with E-state index in [1.165, 1.54) is 0 Å². The number of carbonyl (C=O) groups is 1. The second kappa shape index (κ2) is 5.13. The van der Waals surface area contributed by atoms with Crippen molar-refractivity contribution in [2.45, 2.75) is 13.3 Å². The van der Waals surface area contributed by atoms with Gasteiger partial charge in [-0.2, -0.15) is 0 Å². The van der Waals surface area contributed by atoms with Gasteiger partial charge in [-0.1, -0.05) is 11.6 Å². The van der Waals surface area contributed by atoms with Gasteiger partial charge >= 0.3 is 0 Å². The highest BCUT2D eigenvalue weighted by molar-refractivity contribution is 6.30. The number of nitrogens with zero attached hydrogens (tertiary/aromatic N) is 1. The van der Waals surface area contributed by atoms with E-state index >= 15 is 0 Å². The summed E-state index contributed by atoms with van der Waals surface area (Å²) in [7, 11) is 0. The normalized spacial score (nSPS) is 12.7. The Hall–Kier alpha value is -2.07. The summed E-state index contributed by atoms with van der Waals surface area (Å²) in [5.41, 5.74) is 3.14. The molecule has 1 aliphatic heterocycles. The van der Waals surface area contributed by atoms with E-state index in [4.69, 9.17) is 16.3 Å². The van der Waals surface area contributed by atoms with E-state index in [0.29, 0.717) is 23.0 Å². The Morgan fingerprint density at radius 2 is 2.25 bits per heavy atom. The van der Waals surface area contributed by atoms with Gasteiger partial charge in [0.2, 0.25) is 0 Å². The number of aromatic nitrogens is 1. The first kappa shape index (κ1) is 12.9. The maximum absolute atomic E-state index is 12.2. The predicted octanol–water partition coefficient (Wildman–Crippen LogP) is 3.23. The Balaban J connectivity index is 1.80. The lowest BCUT2D eigenvalue weighted by Crippen LogP contribution is -2.12. The highest BCUT2D eigenvalue weighted by Gasteiger charge is 2.15. The SMILES string of the molecule is Cc1cc(NC(=O)c2ccc3c(c2)CCO3)cnc1Cl. The number of rotatable bonds is 2. The molecule has 3 rings (SSSR count). The number of pyridine rings is 1. The number of carbonyl (C=O) groups excluding carboxylic acids is 1. The molecule has 0 unspecified atom stereocenters. The third-order valence-electron chi connectivity index (χ3n) is 3.22. The van der Waals surface area contributed by atoms with Crippen LogP contribution in [0.3, 0.4) is 0 Å². The van der Waals surface area contributed by atoms with Crippen molar-refractivity contribution in [1.29, 1.82) is 0 Å². The zero-order valence-electron chi connectivity index (χ0n) is 10.9. The smallest absolute Gasteiger partial charge is 0.255 e. The number of fused-ring (bicyclic) bond motifs is 1. The van der Waals surface area contributed by atoms with Gasteiger partial charge in [0, 0.05) is 12.0 Å². The predicted molar refractivity (Wildman–Crippen MR) is 77.6 cm³/mol. The van der Waals surface area contributed by atoms with Crippen molar-refractivity contribution in [3.05, 3.63) is 52.3 Å². The molecule has 20 heavy (non-hydrogen) atoms. The lowest BCUT2D eigenvalue weighted by Gasteiger charge is -2.07. The number of halogens is 1. The van der Waals surface area contributed by atoms with Crippen LogP contribution in [0, 0.1) is 6.92 Å². The number of hydrogen-bond donors (Lipinski definition) is 1. The number of hydrogen-bond acceptors (Lipinski definition) is 3. The fourth-order valence-corrected chi connectivity index (χ4v) is 2.26. The number of aryl methyl sites for hydroxylation is 1. The third kappa shape index (κ3) is 2.47. The molecule has 0 saturated carbocycles. The number of anilines is 1. The van der Waals surface area contributed by atoms with Gasteiger partial charge in [-0.15, -0.1) is 0 Å². The maximum Gasteiger partial charge on any atom is 0.255 e. The molecule has 1 aliphatic rings. The summed E-state index contributed by atoms with van der Waals surface area (Å²) in [4.78, 5) is 16.2. The minimum absolute atomic E-state index is 0.164. The van der Waals surface area contributed by atoms with Crippen LogP contribution < -0.4 is 10.1 Å². The van der Waals surface area contributed by atoms with Crippen molar-refractivity contribution in [3.63, 3.8) is 0 Å². The Labute approximate surface area is 121 Å². The van der Waals surface area contributed by atoms with E-state index in [2.05, 4.69) is 10.3 Å². The molecule has 1 aromatic heterocycles. The molecule has 1 amide bonds. The molecular weight excluding hydrogens is 276 g/mol. The molecule has 102 valence electrons. The highest BCUT2D eigenvalue weighted by Crippen LogP contribution is 2.26. The molecule has 0 bridgehead atoms. The van der Waals surface area contributed by atoms with Crippen molar-refractivity contribution in [1.82, 2.24) is 4.98 Å². The molecule has 2 aromatic rings. The fraction of sp³-hybridized carbons (Fsp3) is 0.200. The topological polar surface area (TPSA) is 51.2 Å². The molecule has 0 spiro atoms. The van der Waals surface area contributed by atoms with Gasteiger partial charge in [0.15, 0.2) is 0 Å². The Kier molecular flexibility index (Phi) is 3.32. The summed E-state index contributed by atoms with van der Waals surface area (Å²) >= 11 is 5.86. The summed E-state index contributed by atoms with van der Waals surface area (Å²) in [5.74, 6) is 0.703. The summed E-state index contributed by atoms with van der Waals surface area (Å²) in [6.45, 7) is 2.53. The van der Waals surface area contributed by atoms with Gasteiger partial charge in [0.05, 0.1) is 18.5 Å². The van der Waals surface area contributed by atoms with Crippen LogP contribution in [0.1, 0.15) is 21.5 Å². The zero-order chi connectivity index (χ0) is 14.1. The minimum Gasteiger partial charge on any atom is -0.493 e. The van der Waals surface area contributed by atoms with Gasteiger partial charge < -0.3 is 10.1 Å². The largest absolute Gasteiger partial charge is 0.493 e. The van der Waals surface area contributed by atoms with Crippen molar-refractivity contribution < 1.29 is 9.53 Å². The van der Waals surface area contributed by atoms with Crippen LogP contribution in [0.2, 0.25) is 5.15 Å². The monoisotopic (exact) mass is 288 g/mol. The van der Waals surface area contributed by atoms with Gasteiger partial charge in [-0.25, -0.2) is 4.98 Å². The lowest BCUT2D eigenvalue weighted by atomic mass is 10.1. The summed E-state index contributed by atoms with van der Waals surface area (Å²) in [6.07, 6.45) is 2.39. The fourth-order valence-electron chi connectivity index (χ4n) is 2.16. The average Bonchev–Trinajstić information content (AvgIpc) is 2.90. The van der Waals surface area contributed by atoms with Crippen molar-refractivity contribution in [2.24, 2.45) is 0 Å². The first-order valence-electron chi connectivity index (χ1n) is 6.33. The average molecular weight is 289 g/mol. The van der Waals surface area contributed by atoms with E-state index in [1.54, 1.807) is 18.3 Å². The molecule has 0 fully saturated rings. The van der Waals surface area contributed by atoms with Crippen LogP contribution in [0.5, 0.6) is 5.75 Å². The first-order chi connectivity index (χ1) is 9.63. The zero-order valence-corrected chi connectivity index (χ0v) is 11.7. The number of benzene rings is 1. The summed E-state index contributed by atoms with van der Waals surface area (Å²) in [6, 6.07) is 7.26. The van der Waals surface area contributed by atoms with Gasteiger partial charge in [0.25, 0.3) is 5.91 Å². The molecule has 2 heterocycles. The van der Waals surface area contributed by atoms with Crippen LogP contribution in [0.4, 0.5) is 5.69 Å². The van der Waals surface area contributed by atoms with E-state index in [0.717, 1.165) is 23.3 Å². The molecule has 0 aliphatic carbocycles. The van der Waals surface area contributed by atoms with E-state index in [-0.39, 0.29) is 5.91 Å². The molecule has 5 heteroatoms. The van der Waals surface area contributed by atoms with Crippen LogP contribution >= 0.6 is 11.6 Å². The minimum atomic E-state index is -0.164. The Morgan fingerprint density at radius 1 is 1.40 bits per heavy atom. The van der Waals surface area contributed by atoms with E-state index < -0.39 is 0 Å². The van der Waals surface area contributed by atoms with E-state index in [1.807, 2.05) is 19.1 Å². The van der Waals surface area contributed by atoms with E-state index in [9.17, 15) is 4.79 Å². The molecule has 1 aromatic carbocycles. The van der Waals surface area contributed by atoms with Crippen LogP contribution in [0.25, 0.3) is 0 Å². The van der Waals surface area contributed by atoms with Gasteiger partial charge in [0.1, 0.15) is 10.9 Å². The van der Waals surface area contributed by atoms with Crippen LogP contribution in [-0.4, -0.2) is 17.5 Å². The molecule has 1 N–H and O–H groups in total. The second-order valence-corrected chi connectivity index (χ2v) is 5.06. The van der Waals surface area contributed by atoms with Crippen LogP contribution in [0.15, 0.2) is 30.5 Å². The van der Waals surface area contributed by atoms with Gasteiger partial charge in [-0.3, -0.25) is 4.79 Å². The number of ether oxygens (including phenoxy) is 1. The molecule has 0 radical (unpaired) electrons. The summed E-state index contributed by atoms with van der Waals surface area (Å²) < 4.78 is 5.42. The van der Waals surface area contributed by atoms with Crippen molar-refractivity contribution >= 4 is 23.2 Å². The number of nitrogens with one attached hydrogen (secondary N) is 1. The maximum atomic E-state index is 12.2. The Bertz CT molecular complexity index is 686. The molecule has 0 saturated heterocycles. The lowest BCUT2D eigenvalue weighted by molar-refractivity contribution is 0.102. The highest BCUT2D eigenvalue weighted by atomic mass is 35.5. The Morgan fingerprint density at radius 3 is 3.05 bits per heavy atom. The molecule has 0 atom stereocenters. The quantitative estimate of drug-likeness (QED) is 0.863. The van der Waals surface area contributed by atoms with Crippen LogP contribution in [-0.2, 0) is 6.42 Å². The van der Waals surface area contributed by atoms with Crippen molar-refractivity contribution in [3.8, 4) is 5.75 Å².